The predicted octanol–water partition coefficient (Wildman–Crippen LogP) is 1.50. The van der Waals surface area contributed by atoms with E-state index < -0.39 is 0 Å². The molecule has 0 atom stereocenters. The van der Waals surface area contributed by atoms with Gasteiger partial charge in [0, 0.05) is 19.3 Å². The van der Waals surface area contributed by atoms with Gasteiger partial charge < -0.3 is 15.4 Å². The number of carbonyl (C=O) groups excluding carboxylic acids is 1. The summed E-state index contributed by atoms with van der Waals surface area (Å²) < 4.78 is 4.98. The number of methoxy groups -OCH3 is 1. The maximum Gasteiger partial charge on any atom is 0.229 e. The van der Waals surface area contributed by atoms with Crippen LogP contribution >= 0.6 is 0 Å². The number of carbonyl (C=O) groups is 1. The van der Waals surface area contributed by atoms with Crippen molar-refractivity contribution in [2.45, 2.75) is 25.7 Å². The lowest BCUT2D eigenvalue weighted by molar-refractivity contribution is -0.119. The maximum atomic E-state index is 12.2. The second-order valence-electron chi connectivity index (χ2n) is 4.89. The van der Waals surface area contributed by atoms with Gasteiger partial charge in [0.25, 0.3) is 0 Å². The molecule has 1 amide bonds. The van der Waals surface area contributed by atoms with Crippen molar-refractivity contribution in [3.63, 3.8) is 0 Å². The maximum absolute atomic E-state index is 12.2. The van der Waals surface area contributed by atoms with Crippen molar-refractivity contribution in [2.75, 3.05) is 31.7 Å². The molecule has 1 aromatic carbocycles. The molecule has 0 aliphatic carbocycles. The molecule has 1 aliphatic heterocycles. The number of rotatable bonds is 5. The van der Waals surface area contributed by atoms with Crippen LogP contribution in [0.2, 0.25) is 0 Å². The molecular weight excluding hydrogens is 240 g/mol. The van der Waals surface area contributed by atoms with E-state index in [-0.39, 0.29) is 5.91 Å². The van der Waals surface area contributed by atoms with E-state index >= 15 is 0 Å². The zero-order valence-corrected chi connectivity index (χ0v) is 11.5. The Balaban J connectivity index is 2.17. The van der Waals surface area contributed by atoms with E-state index in [1.165, 1.54) is 11.1 Å². The smallest absolute Gasteiger partial charge is 0.229 e. The summed E-state index contributed by atoms with van der Waals surface area (Å²) in [5, 5.41) is 0. The summed E-state index contributed by atoms with van der Waals surface area (Å²) >= 11 is 0. The standard InChI is InChI=1S/C15H22N2O2/c1-19-10-7-15(18)17-9-2-3-13-11-12(6-8-16)4-5-14(13)17/h4-5,11H,2-3,6-10,16H2,1H3. The van der Waals surface area contributed by atoms with Crippen LogP contribution in [-0.2, 0) is 22.4 Å². The van der Waals surface area contributed by atoms with Gasteiger partial charge in [-0.25, -0.2) is 0 Å². The Morgan fingerprint density at radius 2 is 2.32 bits per heavy atom. The van der Waals surface area contributed by atoms with Crippen molar-refractivity contribution >= 4 is 11.6 Å². The fourth-order valence-corrected chi connectivity index (χ4v) is 2.56. The molecule has 4 heteroatoms. The van der Waals surface area contributed by atoms with Crippen molar-refractivity contribution in [3.05, 3.63) is 29.3 Å². The highest BCUT2D eigenvalue weighted by molar-refractivity contribution is 5.94. The third-order valence-electron chi connectivity index (χ3n) is 3.52. The normalized spacial score (nSPS) is 14.3. The molecule has 0 radical (unpaired) electrons. The first-order chi connectivity index (χ1) is 9.26. The molecule has 0 unspecified atom stereocenters. The number of aryl methyl sites for hydroxylation is 1. The van der Waals surface area contributed by atoms with Gasteiger partial charge in [-0.1, -0.05) is 12.1 Å². The minimum atomic E-state index is 0.148. The first-order valence-corrected chi connectivity index (χ1v) is 6.87. The molecule has 0 fully saturated rings. The predicted molar refractivity (Wildman–Crippen MR) is 76.4 cm³/mol. The Bertz CT molecular complexity index is 446. The Hall–Kier alpha value is -1.39. The molecule has 2 rings (SSSR count). The van der Waals surface area contributed by atoms with Crippen LogP contribution in [0.3, 0.4) is 0 Å². The number of ether oxygens (including phenoxy) is 1. The SMILES string of the molecule is COCCC(=O)N1CCCc2cc(CCN)ccc21. The molecular formula is C15H22N2O2. The lowest BCUT2D eigenvalue weighted by Crippen LogP contribution is -2.36. The van der Waals surface area contributed by atoms with Crippen LogP contribution in [0.25, 0.3) is 0 Å². The molecule has 0 saturated carbocycles. The first-order valence-electron chi connectivity index (χ1n) is 6.87. The number of hydrogen-bond acceptors (Lipinski definition) is 3. The van der Waals surface area contributed by atoms with Crippen LogP contribution in [0.5, 0.6) is 0 Å². The summed E-state index contributed by atoms with van der Waals surface area (Å²) in [7, 11) is 1.62. The van der Waals surface area contributed by atoms with Gasteiger partial charge in [0.2, 0.25) is 5.91 Å². The number of nitrogens with two attached hydrogens (primary N) is 1. The minimum Gasteiger partial charge on any atom is -0.384 e. The summed E-state index contributed by atoms with van der Waals surface area (Å²) in [6.45, 7) is 1.96. The first kappa shape index (κ1) is 14.0. The minimum absolute atomic E-state index is 0.148. The zero-order valence-electron chi connectivity index (χ0n) is 11.5. The second-order valence-corrected chi connectivity index (χ2v) is 4.89. The molecule has 19 heavy (non-hydrogen) atoms. The molecule has 1 aliphatic rings. The zero-order chi connectivity index (χ0) is 13.7. The lowest BCUT2D eigenvalue weighted by atomic mass is 9.98. The largest absolute Gasteiger partial charge is 0.384 e. The van der Waals surface area contributed by atoms with Gasteiger partial charge in [-0.2, -0.15) is 0 Å². The van der Waals surface area contributed by atoms with E-state index in [2.05, 4.69) is 18.2 Å². The summed E-state index contributed by atoms with van der Waals surface area (Å²) in [6.07, 6.45) is 3.41. The Kier molecular flexibility index (Phi) is 4.93. The van der Waals surface area contributed by atoms with Gasteiger partial charge in [0.15, 0.2) is 0 Å². The van der Waals surface area contributed by atoms with Crippen LogP contribution in [0, 0.1) is 0 Å². The molecule has 104 valence electrons. The molecule has 0 bridgehead atoms. The summed E-state index contributed by atoms with van der Waals surface area (Å²) in [5.41, 5.74) is 9.18. The van der Waals surface area contributed by atoms with E-state index in [1.807, 2.05) is 4.90 Å². The molecule has 1 aromatic rings. The molecule has 4 nitrogen and oxygen atoms in total. The fourth-order valence-electron chi connectivity index (χ4n) is 2.56. The van der Waals surface area contributed by atoms with Gasteiger partial charge in [-0.05, 0) is 43.0 Å². The highest BCUT2D eigenvalue weighted by Gasteiger charge is 2.22. The molecule has 2 N–H and O–H groups in total. The quantitative estimate of drug-likeness (QED) is 0.875. The summed E-state index contributed by atoms with van der Waals surface area (Å²) in [4.78, 5) is 14.0. The van der Waals surface area contributed by atoms with Gasteiger partial charge in [0.05, 0.1) is 13.0 Å². The molecule has 1 heterocycles. The average Bonchev–Trinajstić information content (AvgIpc) is 2.44. The van der Waals surface area contributed by atoms with Crippen LogP contribution in [0.15, 0.2) is 18.2 Å². The van der Waals surface area contributed by atoms with Crippen LogP contribution in [0.1, 0.15) is 24.0 Å². The highest BCUT2D eigenvalue weighted by Crippen LogP contribution is 2.28. The monoisotopic (exact) mass is 262 g/mol. The Morgan fingerprint density at radius 1 is 1.47 bits per heavy atom. The van der Waals surface area contributed by atoms with Crippen molar-refractivity contribution in [2.24, 2.45) is 5.73 Å². The fraction of sp³-hybridized carbons (Fsp3) is 0.533. The summed E-state index contributed by atoms with van der Waals surface area (Å²) in [6, 6.07) is 6.33. The highest BCUT2D eigenvalue weighted by atomic mass is 16.5. The van der Waals surface area contributed by atoms with Gasteiger partial charge >= 0.3 is 0 Å². The van der Waals surface area contributed by atoms with E-state index in [4.69, 9.17) is 10.5 Å². The average molecular weight is 262 g/mol. The van der Waals surface area contributed by atoms with Gasteiger partial charge in [-0.15, -0.1) is 0 Å². The number of hydrogen-bond donors (Lipinski definition) is 1. The van der Waals surface area contributed by atoms with E-state index in [1.54, 1.807) is 7.11 Å². The van der Waals surface area contributed by atoms with Crippen LogP contribution in [-0.4, -0.2) is 32.7 Å². The van der Waals surface area contributed by atoms with Crippen LogP contribution in [0.4, 0.5) is 5.69 Å². The van der Waals surface area contributed by atoms with Crippen molar-refractivity contribution in [1.82, 2.24) is 0 Å². The molecule has 0 aromatic heterocycles. The number of amides is 1. The van der Waals surface area contributed by atoms with Gasteiger partial charge in [-0.3, -0.25) is 4.79 Å². The molecule has 0 saturated heterocycles. The van der Waals surface area contributed by atoms with Gasteiger partial charge in [0.1, 0.15) is 0 Å². The number of nitrogens with zero attached hydrogens (tertiary/aromatic N) is 1. The topological polar surface area (TPSA) is 55.6 Å². The van der Waals surface area contributed by atoms with Crippen molar-refractivity contribution in [3.8, 4) is 0 Å². The number of anilines is 1. The van der Waals surface area contributed by atoms with Crippen molar-refractivity contribution in [1.29, 1.82) is 0 Å². The third kappa shape index (κ3) is 3.33. The second kappa shape index (κ2) is 6.68. The third-order valence-corrected chi connectivity index (χ3v) is 3.52. The van der Waals surface area contributed by atoms with Crippen molar-refractivity contribution < 1.29 is 9.53 Å². The Labute approximate surface area is 114 Å². The van der Waals surface area contributed by atoms with E-state index in [0.717, 1.165) is 31.5 Å². The van der Waals surface area contributed by atoms with E-state index in [0.29, 0.717) is 19.6 Å². The molecule has 0 spiro atoms. The number of fused-ring (bicyclic) bond motifs is 1. The number of benzene rings is 1. The summed E-state index contributed by atoms with van der Waals surface area (Å²) in [5.74, 6) is 0.148. The van der Waals surface area contributed by atoms with E-state index in [9.17, 15) is 4.79 Å². The lowest BCUT2D eigenvalue weighted by Gasteiger charge is -2.30. The van der Waals surface area contributed by atoms with Crippen LogP contribution < -0.4 is 10.6 Å². The Morgan fingerprint density at radius 3 is 3.05 bits per heavy atom.